The smallest absolute Gasteiger partial charge is 0.165 e. The first-order chi connectivity index (χ1) is 3.27. The summed E-state index contributed by atoms with van der Waals surface area (Å²) in [4.78, 5) is 0. The molecule has 0 amide bonds. The van der Waals surface area contributed by atoms with Crippen LogP contribution in [0, 0.1) is 0 Å². The molecule has 0 aromatic rings. The molecule has 0 radical (unpaired) electrons. The van der Waals surface area contributed by atoms with E-state index in [-0.39, 0.29) is 0 Å². The standard InChI is InChI=1S/C5H10O2/c1-2-7-5(6)3-4-5/h6H,2-4H2,1H3. The number of aliphatic hydroxyl groups is 1. The molecule has 0 atom stereocenters. The van der Waals surface area contributed by atoms with Gasteiger partial charge in [-0.1, -0.05) is 0 Å². The Morgan fingerprint density at radius 3 is 2.43 bits per heavy atom. The van der Waals surface area contributed by atoms with Crippen molar-refractivity contribution in [2.24, 2.45) is 0 Å². The van der Waals surface area contributed by atoms with Crippen molar-refractivity contribution in [3.05, 3.63) is 0 Å². The molecule has 0 aromatic carbocycles. The van der Waals surface area contributed by atoms with Gasteiger partial charge in [-0.2, -0.15) is 0 Å². The van der Waals surface area contributed by atoms with Crippen molar-refractivity contribution in [2.75, 3.05) is 6.61 Å². The Morgan fingerprint density at radius 1 is 1.71 bits per heavy atom. The summed E-state index contributed by atoms with van der Waals surface area (Å²) >= 11 is 0. The van der Waals surface area contributed by atoms with Crippen molar-refractivity contribution in [1.82, 2.24) is 0 Å². The fraction of sp³-hybridized carbons (Fsp3) is 1.00. The molecule has 0 unspecified atom stereocenters. The van der Waals surface area contributed by atoms with E-state index in [0.29, 0.717) is 6.61 Å². The second kappa shape index (κ2) is 1.46. The maximum absolute atomic E-state index is 8.91. The zero-order valence-electron chi connectivity index (χ0n) is 4.48. The number of hydrogen-bond acceptors (Lipinski definition) is 2. The van der Waals surface area contributed by atoms with Crippen LogP contribution in [-0.4, -0.2) is 17.5 Å². The minimum atomic E-state index is -0.700. The lowest BCUT2D eigenvalue weighted by molar-refractivity contribution is -0.120. The summed E-state index contributed by atoms with van der Waals surface area (Å²) in [6.07, 6.45) is 1.64. The highest BCUT2D eigenvalue weighted by Gasteiger charge is 2.41. The molecule has 7 heavy (non-hydrogen) atoms. The lowest BCUT2D eigenvalue weighted by Crippen LogP contribution is -2.11. The van der Waals surface area contributed by atoms with E-state index in [0.717, 1.165) is 12.8 Å². The first kappa shape index (κ1) is 5.06. The third kappa shape index (κ3) is 1.14. The van der Waals surface area contributed by atoms with Gasteiger partial charge in [0.15, 0.2) is 5.79 Å². The normalized spacial score (nSPS) is 24.9. The largest absolute Gasteiger partial charge is 0.365 e. The first-order valence-electron chi connectivity index (χ1n) is 2.63. The van der Waals surface area contributed by atoms with Crippen molar-refractivity contribution in [3.63, 3.8) is 0 Å². The predicted octanol–water partition coefficient (Wildman–Crippen LogP) is 0.505. The molecule has 1 aliphatic carbocycles. The average molecular weight is 102 g/mol. The van der Waals surface area contributed by atoms with Crippen LogP contribution in [0.3, 0.4) is 0 Å². The molecule has 1 aliphatic rings. The first-order valence-corrected chi connectivity index (χ1v) is 2.63. The Kier molecular flexibility index (Phi) is 1.05. The second-order valence-electron chi connectivity index (χ2n) is 1.88. The van der Waals surface area contributed by atoms with Gasteiger partial charge in [0.1, 0.15) is 0 Å². The summed E-state index contributed by atoms with van der Waals surface area (Å²) < 4.78 is 4.90. The summed E-state index contributed by atoms with van der Waals surface area (Å²) in [5.74, 6) is -0.700. The maximum atomic E-state index is 8.91. The fourth-order valence-electron chi connectivity index (χ4n) is 0.520. The molecule has 0 aromatic heterocycles. The van der Waals surface area contributed by atoms with Gasteiger partial charge in [-0.15, -0.1) is 0 Å². The molecule has 1 saturated carbocycles. The van der Waals surface area contributed by atoms with E-state index in [1.165, 1.54) is 0 Å². The van der Waals surface area contributed by atoms with Gasteiger partial charge in [0.2, 0.25) is 0 Å². The molecule has 0 heterocycles. The van der Waals surface area contributed by atoms with Gasteiger partial charge in [0.05, 0.1) is 0 Å². The van der Waals surface area contributed by atoms with Crippen LogP contribution in [-0.2, 0) is 4.74 Å². The summed E-state index contributed by atoms with van der Waals surface area (Å²) in [6, 6.07) is 0. The second-order valence-corrected chi connectivity index (χ2v) is 1.88. The maximum Gasteiger partial charge on any atom is 0.165 e. The minimum absolute atomic E-state index is 0.622. The SMILES string of the molecule is CCOC1(O)CC1. The van der Waals surface area contributed by atoms with Gasteiger partial charge in [0.25, 0.3) is 0 Å². The summed E-state index contributed by atoms with van der Waals surface area (Å²) in [6.45, 7) is 2.51. The van der Waals surface area contributed by atoms with Gasteiger partial charge in [-0.3, -0.25) is 0 Å². The number of hydrogen-bond donors (Lipinski definition) is 1. The third-order valence-corrected chi connectivity index (χ3v) is 1.09. The van der Waals surface area contributed by atoms with E-state index in [1.54, 1.807) is 0 Å². The Labute approximate surface area is 43.1 Å². The third-order valence-electron chi connectivity index (χ3n) is 1.09. The quantitative estimate of drug-likeness (QED) is 0.514. The molecule has 1 N–H and O–H groups in total. The van der Waals surface area contributed by atoms with Crippen LogP contribution in [0.1, 0.15) is 19.8 Å². The van der Waals surface area contributed by atoms with Crippen LogP contribution in [0.2, 0.25) is 0 Å². The zero-order valence-corrected chi connectivity index (χ0v) is 4.48. The van der Waals surface area contributed by atoms with Crippen LogP contribution in [0.5, 0.6) is 0 Å². The molecule has 1 fully saturated rings. The Bertz CT molecular complexity index is 66.5. The lowest BCUT2D eigenvalue weighted by Gasteiger charge is -2.04. The van der Waals surface area contributed by atoms with E-state index in [9.17, 15) is 0 Å². The van der Waals surface area contributed by atoms with Crippen LogP contribution < -0.4 is 0 Å². The van der Waals surface area contributed by atoms with Crippen molar-refractivity contribution >= 4 is 0 Å². The summed E-state index contributed by atoms with van der Waals surface area (Å²) in [5, 5.41) is 8.91. The summed E-state index contributed by atoms with van der Waals surface area (Å²) in [5.41, 5.74) is 0. The molecule has 0 aliphatic heterocycles. The van der Waals surface area contributed by atoms with Crippen molar-refractivity contribution in [3.8, 4) is 0 Å². The Balaban J connectivity index is 2.13. The molecule has 0 saturated heterocycles. The van der Waals surface area contributed by atoms with Gasteiger partial charge in [-0.05, 0) is 6.92 Å². The van der Waals surface area contributed by atoms with Crippen LogP contribution in [0.25, 0.3) is 0 Å². The highest BCUT2D eigenvalue weighted by atomic mass is 16.6. The minimum Gasteiger partial charge on any atom is -0.365 e. The molecule has 42 valence electrons. The van der Waals surface area contributed by atoms with Gasteiger partial charge in [-0.25, -0.2) is 0 Å². The topological polar surface area (TPSA) is 29.5 Å². The van der Waals surface area contributed by atoms with Gasteiger partial charge in [0, 0.05) is 19.4 Å². The van der Waals surface area contributed by atoms with Gasteiger partial charge >= 0.3 is 0 Å². The summed E-state index contributed by atoms with van der Waals surface area (Å²) in [7, 11) is 0. The van der Waals surface area contributed by atoms with Crippen molar-refractivity contribution in [2.45, 2.75) is 25.6 Å². The Hall–Kier alpha value is -0.0800. The molecule has 0 bridgehead atoms. The lowest BCUT2D eigenvalue weighted by atomic mass is 10.7. The molecular formula is C5H10O2. The van der Waals surface area contributed by atoms with E-state index in [4.69, 9.17) is 9.84 Å². The monoisotopic (exact) mass is 102 g/mol. The van der Waals surface area contributed by atoms with Crippen molar-refractivity contribution in [1.29, 1.82) is 0 Å². The highest BCUT2D eigenvalue weighted by Crippen LogP contribution is 2.35. The van der Waals surface area contributed by atoms with E-state index in [2.05, 4.69) is 0 Å². The number of ether oxygens (including phenoxy) is 1. The van der Waals surface area contributed by atoms with E-state index in [1.807, 2.05) is 6.92 Å². The zero-order chi connectivity index (χ0) is 5.33. The van der Waals surface area contributed by atoms with E-state index < -0.39 is 5.79 Å². The molecule has 1 rings (SSSR count). The molecule has 2 heteroatoms. The van der Waals surface area contributed by atoms with Crippen molar-refractivity contribution < 1.29 is 9.84 Å². The van der Waals surface area contributed by atoms with Crippen LogP contribution >= 0.6 is 0 Å². The van der Waals surface area contributed by atoms with Crippen LogP contribution in [0.15, 0.2) is 0 Å². The molecule has 2 nitrogen and oxygen atoms in total. The predicted molar refractivity (Wildman–Crippen MR) is 25.8 cm³/mol. The van der Waals surface area contributed by atoms with E-state index >= 15 is 0 Å². The molecular weight excluding hydrogens is 92.1 g/mol. The highest BCUT2D eigenvalue weighted by molar-refractivity contribution is 4.82. The average Bonchev–Trinajstić information content (AvgIpc) is 2.22. The fourth-order valence-corrected chi connectivity index (χ4v) is 0.520. The van der Waals surface area contributed by atoms with Crippen LogP contribution in [0.4, 0.5) is 0 Å². The number of rotatable bonds is 2. The van der Waals surface area contributed by atoms with Gasteiger partial charge < -0.3 is 9.84 Å². The Morgan fingerprint density at radius 2 is 2.29 bits per heavy atom. The molecule has 0 spiro atoms.